The van der Waals surface area contributed by atoms with Crippen molar-refractivity contribution in [3.05, 3.63) is 59.2 Å². The van der Waals surface area contributed by atoms with Gasteiger partial charge in [0, 0.05) is 17.8 Å². The van der Waals surface area contributed by atoms with Crippen LogP contribution in [0.3, 0.4) is 0 Å². The van der Waals surface area contributed by atoms with Crippen LogP contribution in [-0.2, 0) is 17.8 Å². The van der Waals surface area contributed by atoms with Crippen LogP contribution in [0.5, 0.6) is 5.75 Å². The SMILES string of the molecule is COc1ccc(CNC(=O)c2ccc3c(c2)CC(=O)N3)cc1. The van der Waals surface area contributed by atoms with Crippen LogP contribution in [0.2, 0.25) is 0 Å². The quantitative estimate of drug-likeness (QED) is 0.908. The molecule has 5 nitrogen and oxygen atoms in total. The maximum absolute atomic E-state index is 12.2. The zero-order valence-electron chi connectivity index (χ0n) is 12.2. The molecule has 0 unspecified atom stereocenters. The fraction of sp³-hybridized carbons (Fsp3) is 0.176. The summed E-state index contributed by atoms with van der Waals surface area (Å²) >= 11 is 0. The topological polar surface area (TPSA) is 67.4 Å². The Hall–Kier alpha value is -2.82. The predicted molar refractivity (Wildman–Crippen MR) is 82.9 cm³/mol. The normalized spacial score (nSPS) is 12.5. The molecule has 0 saturated heterocycles. The van der Waals surface area contributed by atoms with E-state index in [0.717, 1.165) is 22.6 Å². The van der Waals surface area contributed by atoms with Crippen molar-refractivity contribution in [1.82, 2.24) is 5.32 Å². The summed E-state index contributed by atoms with van der Waals surface area (Å²) in [6, 6.07) is 12.8. The van der Waals surface area contributed by atoms with Gasteiger partial charge in [-0.2, -0.15) is 0 Å². The van der Waals surface area contributed by atoms with E-state index in [2.05, 4.69) is 10.6 Å². The van der Waals surface area contributed by atoms with Gasteiger partial charge in [0.2, 0.25) is 5.91 Å². The predicted octanol–water partition coefficient (Wildman–Crippen LogP) is 2.12. The number of methoxy groups -OCH3 is 1. The van der Waals surface area contributed by atoms with E-state index in [1.807, 2.05) is 24.3 Å². The summed E-state index contributed by atoms with van der Waals surface area (Å²) in [5, 5.41) is 5.62. The molecule has 0 spiro atoms. The summed E-state index contributed by atoms with van der Waals surface area (Å²) in [4.78, 5) is 23.5. The first-order valence-electron chi connectivity index (χ1n) is 6.99. The number of fused-ring (bicyclic) bond motifs is 1. The molecule has 2 aromatic carbocycles. The number of carbonyl (C=O) groups excluding carboxylic acids is 2. The highest BCUT2D eigenvalue weighted by Gasteiger charge is 2.18. The first-order valence-corrected chi connectivity index (χ1v) is 6.99. The van der Waals surface area contributed by atoms with E-state index in [1.54, 1.807) is 25.3 Å². The molecule has 2 amide bonds. The van der Waals surface area contributed by atoms with E-state index >= 15 is 0 Å². The van der Waals surface area contributed by atoms with Crippen LogP contribution < -0.4 is 15.4 Å². The molecule has 0 aliphatic carbocycles. The Labute approximate surface area is 128 Å². The number of amides is 2. The lowest BCUT2D eigenvalue weighted by Gasteiger charge is -2.07. The van der Waals surface area contributed by atoms with Gasteiger partial charge in [0.05, 0.1) is 13.5 Å². The Bertz CT molecular complexity index is 723. The summed E-state index contributed by atoms with van der Waals surface area (Å²) < 4.78 is 5.09. The van der Waals surface area contributed by atoms with Crippen molar-refractivity contribution >= 4 is 17.5 Å². The minimum absolute atomic E-state index is 0.0363. The van der Waals surface area contributed by atoms with Crippen LogP contribution in [-0.4, -0.2) is 18.9 Å². The average molecular weight is 296 g/mol. The summed E-state index contributed by atoms with van der Waals surface area (Å²) in [5.74, 6) is 0.592. The second-order valence-corrected chi connectivity index (χ2v) is 5.13. The molecule has 0 radical (unpaired) electrons. The van der Waals surface area contributed by atoms with Crippen LogP contribution in [0.25, 0.3) is 0 Å². The van der Waals surface area contributed by atoms with Crippen molar-refractivity contribution < 1.29 is 14.3 Å². The van der Waals surface area contributed by atoms with Gasteiger partial charge in [0.15, 0.2) is 0 Å². The van der Waals surface area contributed by atoms with Crippen molar-refractivity contribution in [2.24, 2.45) is 0 Å². The zero-order valence-corrected chi connectivity index (χ0v) is 12.2. The standard InChI is InChI=1S/C17H16N2O3/c1-22-14-5-2-11(3-6-14)10-18-17(21)12-4-7-15-13(8-12)9-16(20)19-15/h2-8H,9-10H2,1H3,(H,18,21)(H,19,20). The molecule has 0 atom stereocenters. The van der Waals surface area contributed by atoms with Crippen molar-refractivity contribution in [2.45, 2.75) is 13.0 Å². The van der Waals surface area contributed by atoms with E-state index in [0.29, 0.717) is 18.5 Å². The number of anilines is 1. The number of carbonyl (C=O) groups is 2. The zero-order chi connectivity index (χ0) is 15.5. The van der Waals surface area contributed by atoms with Crippen LogP contribution in [0.4, 0.5) is 5.69 Å². The molecular formula is C17H16N2O3. The Morgan fingerprint density at radius 1 is 1.23 bits per heavy atom. The van der Waals surface area contributed by atoms with Crippen LogP contribution in [0.15, 0.2) is 42.5 Å². The molecule has 0 fully saturated rings. The Morgan fingerprint density at radius 3 is 2.73 bits per heavy atom. The molecule has 1 heterocycles. The van der Waals surface area contributed by atoms with Crippen LogP contribution >= 0.6 is 0 Å². The molecule has 0 bridgehead atoms. The van der Waals surface area contributed by atoms with Crippen molar-refractivity contribution in [3.63, 3.8) is 0 Å². The lowest BCUT2D eigenvalue weighted by molar-refractivity contribution is -0.115. The Morgan fingerprint density at radius 2 is 2.00 bits per heavy atom. The van der Waals surface area contributed by atoms with Gasteiger partial charge in [0.1, 0.15) is 5.75 Å². The Balaban J connectivity index is 1.64. The van der Waals surface area contributed by atoms with Gasteiger partial charge in [0.25, 0.3) is 5.91 Å². The lowest BCUT2D eigenvalue weighted by Crippen LogP contribution is -2.22. The number of hydrogen-bond acceptors (Lipinski definition) is 3. The first kappa shape index (κ1) is 14.1. The van der Waals surface area contributed by atoms with Crippen molar-refractivity contribution in [3.8, 4) is 5.75 Å². The molecule has 5 heteroatoms. The number of benzene rings is 2. The van der Waals surface area contributed by atoms with E-state index in [4.69, 9.17) is 4.74 Å². The van der Waals surface area contributed by atoms with Gasteiger partial charge in [-0.25, -0.2) is 0 Å². The summed E-state index contributed by atoms with van der Waals surface area (Å²) in [5.41, 5.74) is 3.20. The Kier molecular flexibility index (Phi) is 3.78. The average Bonchev–Trinajstić information content (AvgIpc) is 2.92. The maximum atomic E-state index is 12.2. The van der Waals surface area contributed by atoms with Gasteiger partial charge in [-0.15, -0.1) is 0 Å². The largest absolute Gasteiger partial charge is 0.497 e. The summed E-state index contributed by atoms with van der Waals surface area (Å²) in [6.07, 6.45) is 0.328. The number of ether oxygens (including phenoxy) is 1. The van der Waals surface area contributed by atoms with Gasteiger partial charge in [-0.1, -0.05) is 12.1 Å². The molecular weight excluding hydrogens is 280 g/mol. The van der Waals surface area contributed by atoms with Crippen molar-refractivity contribution in [2.75, 3.05) is 12.4 Å². The first-order chi connectivity index (χ1) is 10.7. The maximum Gasteiger partial charge on any atom is 0.251 e. The number of hydrogen-bond donors (Lipinski definition) is 2. The third kappa shape index (κ3) is 2.93. The molecule has 0 saturated carbocycles. The second-order valence-electron chi connectivity index (χ2n) is 5.13. The van der Waals surface area contributed by atoms with Gasteiger partial charge >= 0.3 is 0 Å². The van der Waals surface area contributed by atoms with Crippen LogP contribution in [0.1, 0.15) is 21.5 Å². The summed E-state index contributed by atoms with van der Waals surface area (Å²) in [7, 11) is 1.62. The van der Waals surface area contributed by atoms with E-state index in [-0.39, 0.29) is 11.8 Å². The molecule has 3 rings (SSSR count). The molecule has 1 aliphatic rings. The van der Waals surface area contributed by atoms with E-state index in [1.165, 1.54) is 0 Å². The highest BCUT2D eigenvalue weighted by Crippen LogP contribution is 2.23. The molecule has 1 aliphatic heterocycles. The third-order valence-corrected chi connectivity index (χ3v) is 3.60. The third-order valence-electron chi connectivity index (χ3n) is 3.60. The van der Waals surface area contributed by atoms with Crippen LogP contribution in [0, 0.1) is 0 Å². The lowest BCUT2D eigenvalue weighted by atomic mass is 10.1. The van der Waals surface area contributed by atoms with Gasteiger partial charge in [-0.3, -0.25) is 9.59 Å². The molecule has 0 aromatic heterocycles. The number of nitrogens with one attached hydrogen (secondary N) is 2. The minimum atomic E-state index is -0.155. The smallest absolute Gasteiger partial charge is 0.251 e. The fourth-order valence-corrected chi connectivity index (χ4v) is 2.40. The monoisotopic (exact) mass is 296 g/mol. The summed E-state index contributed by atoms with van der Waals surface area (Å²) in [6.45, 7) is 0.442. The molecule has 112 valence electrons. The highest BCUT2D eigenvalue weighted by molar-refractivity contribution is 6.01. The molecule has 22 heavy (non-hydrogen) atoms. The molecule has 2 N–H and O–H groups in total. The van der Waals surface area contributed by atoms with E-state index < -0.39 is 0 Å². The van der Waals surface area contributed by atoms with Crippen molar-refractivity contribution in [1.29, 1.82) is 0 Å². The fourth-order valence-electron chi connectivity index (χ4n) is 2.40. The minimum Gasteiger partial charge on any atom is -0.497 e. The highest BCUT2D eigenvalue weighted by atomic mass is 16.5. The van der Waals surface area contributed by atoms with E-state index in [9.17, 15) is 9.59 Å². The van der Waals surface area contributed by atoms with Gasteiger partial charge in [-0.05, 0) is 41.5 Å². The van der Waals surface area contributed by atoms with Gasteiger partial charge < -0.3 is 15.4 Å². The molecule has 2 aromatic rings. The second kappa shape index (κ2) is 5.89. The number of rotatable bonds is 4.